The first-order chi connectivity index (χ1) is 9.13. The van der Waals surface area contributed by atoms with Gasteiger partial charge in [0.15, 0.2) is 0 Å². The fourth-order valence-electron chi connectivity index (χ4n) is 2.93. The molecule has 3 heteroatoms. The number of hydrogen-bond acceptors (Lipinski definition) is 3. The second-order valence-electron chi connectivity index (χ2n) is 5.61. The average Bonchev–Trinajstić information content (AvgIpc) is 2.92. The van der Waals surface area contributed by atoms with E-state index in [2.05, 4.69) is 50.1 Å². The lowest BCUT2D eigenvalue weighted by Crippen LogP contribution is -2.44. The summed E-state index contributed by atoms with van der Waals surface area (Å²) in [5.41, 5.74) is 9.00. The molecule has 1 heterocycles. The highest BCUT2D eigenvalue weighted by molar-refractivity contribution is 5.26. The molecule has 2 N–H and O–H groups in total. The van der Waals surface area contributed by atoms with Crippen LogP contribution in [0.4, 0.5) is 0 Å². The molecular weight excluding hydrogens is 236 g/mol. The van der Waals surface area contributed by atoms with Gasteiger partial charge >= 0.3 is 0 Å². The van der Waals surface area contributed by atoms with Crippen molar-refractivity contribution in [3.63, 3.8) is 0 Å². The third-order valence-electron chi connectivity index (χ3n) is 4.18. The summed E-state index contributed by atoms with van der Waals surface area (Å²) in [6.07, 6.45) is 2.09. The van der Waals surface area contributed by atoms with E-state index in [9.17, 15) is 0 Å². The van der Waals surface area contributed by atoms with E-state index in [-0.39, 0.29) is 12.1 Å². The van der Waals surface area contributed by atoms with Crippen molar-refractivity contribution in [1.82, 2.24) is 4.90 Å². The van der Waals surface area contributed by atoms with Crippen LogP contribution in [0.2, 0.25) is 0 Å². The number of hydrogen-bond donors (Lipinski definition) is 1. The largest absolute Gasteiger partial charge is 0.380 e. The summed E-state index contributed by atoms with van der Waals surface area (Å²) in [4.78, 5) is 2.41. The smallest absolute Gasteiger partial charge is 0.0622 e. The van der Waals surface area contributed by atoms with Gasteiger partial charge in [-0.3, -0.25) is 4.90 Å². The Balaban J connectivity index is 2.24. The lowest BCUT2D eigenvalue weighted by atomic mass is 9.94. The van der Waals surface area contributed by atoms with Crippen LogP contribution in [-0.2, 0) is 4.74 Å². The molecule has 1 aliphatic rings. The normalized spacial score (nSPS) is 22.7. The monoisotopic (exact) mass is 262 g/mol. The fourth-order valence-corrected chi connectivity index (χ4v) is 2.93. The molecular formula is C16H26N2O. The number of aryl methyl sites for hydroxylation is 1. The van der Waals surface area contributed by atoms with Crippen molar-refractivity contribution in [2.75, 3.05) is 20.3 Å². The van der Waals surface area contributed by atoms with E-state index >= 15 is 0 Å². The van der Waals surface area contributed by atoms with Crippen LogP contribution >= 0.6 is 0 Å². The molecule has 19 heavy (non-hydrogen) atoms. The topological polar surface area (TPSA) is 38.5 Å². The molecule has 1 aromatic carbocycles. The van der Waals surface area contributed by atoms with Gasteiger partial charge in [-0.1, -0.05) is 36.8 Å². The van der Waals surface area contributed by atoms with Crippen LogP contribution in [0.5, 0.6) is 0 Å². The summed E-state index contributed by atoms with van der Waals surface area (Å²) in [6, 6.07) is 9.63. The standard InChI is InChI=1S/C16H26N2O/c1-4-15(17)16(13-7-5-6-12(2)10-13)18(3)14-8-9-19-11-14/h5-7,10,14-16H,4,8-9,11,17H2,1-3H3. The Kier molecular flexibility index (Phi) is 4.97. The summed E-state index contributed by atoms with van der Waals surface area (Å²) in [5, 5.41) is 0. The molecule has 106 valence electrons. The number of nitrogens with zero attached hydrogens (tertiary/aromatic N) is 1. The first kappa shape index (κ1) is 14.5. The maximum Gasteiger partial charge on any atom is 0.0622 e. The molecule has 1 aliphatic heterocycles. The summed E-state index contributed by atoms with van der Waals surface area (Å²) in [5.74, 6) is 0. The van der Waals surface area contributed by atoms with E-state index in [4.69, 9.17) is 10.5 Å². The first-order valence-electron chi connectivity index (χ1n) is 7.25. The predicted octanol–water partition coefficient (Wildman–Crippen LogP) is 2.49. The SMILES string of the molecule is CCC(N)C(c1cccc(C)c1)N(C)C1CCOC1. The van der Waals surface area contributed by atoms with Crippen LogP contribution < -0.4 is 5.73 Å². The lowest BCUT2D eigenvalue weighted by Gasteiger charge is -2.36. The van der Waals surface area contributed by atoms with Crippen LogP contribution in [0.1, 0.15) is 36.9 Å². The molecule has 0 saturated carbocycles. The molecule has 0 bridgehead atoms. The van der Waals surface area contributed by atoms with Crippen molar-refractivity contribution in [3.05, 3.63) is 35.4 Å². The van der Waals surface area contributed by atoms with Crippen LogP contribution in [0.3, 0.4) is 0 Å². The van der Waals surface area contributed by atoms with Gasteiger partial charge < -0.3 is 10.5 Å². The zero-order valence-electron chi connectivity index (χ0n) is 12.3. The maximum absolute atomic E-state index is 6.39. The van der Waals surface area contributed by atoms with Gasteiger partial charge in [-0.25, -0.2) is 0 Å². The first-order valence-corrected chi connectivity index (χ1v) is 7.25. The zero-order chi connectivity index (χ0) is 13.8. The van der Waals surface area contributed by atoms with Gasteiger partial charge in [0, 0.05) is 24.7 Å². The molecule has 2 rings (SSSR count). The molecule has 3 nitrogen and oxygen atoms in total. The third kappa shape index (κ3) is 3.35. The number of nitrogens with two attached hydrogens (primary N) is 1. The molecule has 1 fully saturated rings. The molecule has 0 spiro atoms. The molecule has 0 aromatic heterocycles. The molecule has 0 aliphatic carbocycles. The Morgan fingerprint density at radius 3 is 2.84 bits per heavy atom. The van der Waals surface area contributed by atoms with Crippen molar-refractivity contribution in [2.45, 2.75) is 44.8 Å². The number of benzene rings is 1. The Morgan fingerprint density at radius 1 is 1.47 bits per heavy atom. The van der Waals surface area contributed by atoms with Gasteiger partial charge in [0.2, 0.25) is 0 Å². The van der Waals surface area contributed by atoms with Crippen molar-refractivity contribution >= 4 is 0 Å². The zero-order valence-corrected chi connectivity index (χ0v) is 12.3. The minimum Gasteiger partial charge on any atom is -0.380 e. The van der Waals surface area contributed by atoms with E-state index in [0.29, 0.717) is 6.04 Å². The average molecular weight is 262 g/mol. The van der Waals surface area contributed by atoms with Gasteiger partial charge in [-0.05, 0) is 32.4 Å². The molecule has 3 atom stereocenters. The van der Waals surface area contributed by atoms with Crippen LogP contribution in [0.25, 0.3) is 0 Å². The van der Waals surface area contributed by atoms with Gasteiger partial charge in [0.25, 0.3) is 0 Å². The van der Waals surface area contributed by atoms with E-state index < -0.39 is 0 Å². The summed E-state index contributed by atoms with van der Waals surface area (Å²) >= 11 is 0. The maximum atomic E-state index is 6.39. The summed E-state index contributed by atoms with van der Waals surface area (Å²) in [7, 11) is 2.18. The highest BCUT2D eigenvalue weighted by Gasteiger charge is 2.30. The fraction of sp³-hybridized carbons (Fsp3) is 0.625. The van der Waals surface area contributed by atoms with Crippen LogP contribution in [0, 0.1) is 6.92 Å². The Bertz CT molecular complexity index is 401. The van der Waals surface area contributed by atoms with Crippen molar-refractivity contribution < 1.29 is 4.74 Å². The molecule has 1 aromatic rings. The van der Waals surface area contributed by atoms with Gasteiger partial charge in [0.1, 0.15) is 0 Å². The molecule has 1 saturated heterocycles. The van der Waals surface area contributed by atoms with Crippen LogP contribution in [0.15, 0.2) is 24.3 Å². The quantitative estimate of drug-likeness (QED) is 0.886. The minimum atomic E-state index is 0.160. The summed E-state index contributed by atoms with van der Waals surface area (Å²) < 4.78 is 5.52. The van der Waals surface area contributed by atoms with E-state index in [1.807, 2.05) is 0 Å². The number of likely N-dealkylation sites (N-methyl/N-ethyl adjacent to an activating group) is 1. The molecule has 3 unspecified atom stereocenters. The van der Waals surface area contributed by atoms with Gasteiger partial charge in [-0.2, -0.15) is 0 Å². The van der Waals surface area contributed by atoms with Gasteiger partial charge in [-0.15, -0.1) is 0 Å². The third-order valence-corrected chi connectivity index (χ3v) is 4.18. The Labute approximate surface area is 116 Å². The highest BCUT2D eigenvalue weighted by atomic mass is 16.5. The lowest BCUT2D eigenvalue weighted by molar-refractivity contribution is 0.119. The second kappa shape index (κ2) is 6.51. The van der Waals surface area contributed by atoms with E-state index in [1.54, 1.807) is 0 Å². The minimum absolute atomic E-state index is 0.160. The van der Waals surface area contributed by atoms with E-state index in [1.165, 1.54) is 11.1 Å². The predicted molar refractivity (Wildman–Crippen MR) is 79.2 cm³/mol. The highest BCUT2D eigenvalue weighted by Crippen LogP contribution is 2.28. The van der Waals surface area contributed by atoms with Crippen LogP contribution in [-0.4, -0.2) is 37.2 Å². The van der Waals surface area contributed by atoms with Gasteiger partial charge in [0.05, 0.1) is 6.61 Å². The summed E-state index contributed by atoms with van der Waals surface area (Å²) in [6.45, 7) is 6.00. The number of ether oxygens (including phenoxy) is 1. The Morgan fingerprint density at radius 2 is 2.26 bits per heavy atom. The second-order valence-corrected chi connectivity index (χ2v) is 5.61. The number of rotatable bonds is 5. The van der Waals surface area contributed by atoms with Crippen molar-refractivity contribution in [1.29, 1.82) is 0 Å². The van der Waals surface area contributed by atoms with E-state index in [0.717, 1.165) is 26.1 Å². The molecule has 0 amide bonds. The van der Waals surface area contributed by atoms with Crippen molar-refractivity contribution in [2.24, 2.45) is 5.73 Å². The Hall–Kier alpha value is -0.900. The van der Waals surface area contributed by atoms with Crippen molar-refractivity contribution in [3.8, 4) is 0 Å². The molecule has 0 radical (unpaired) electrons.